The Bertz CT molecular complexity index is 708. The van der Waals surface area contributed by atoms with E-state index >= 15 is 0 Å². The van der Waals surface area contributed by atoms with Crippen LogP contribution < -0.4 is 11.1 Å². The summed E-state index contributed by atoms with van der Waals surface area (Å²) in [7, 11) is 0. The molecule has 2 unspecified atom stereocenters. The highest BCUT2D eigenvalue weighted by Crippen LogP contribution is 2.25. The lowest BCUT2D eigenvalue weighted by Gasteiger charge is -2.19. The van der Waals surface area contributed by atoms with Gasteiger partial charge in [0.15, 0.2) is 0 Å². The van der Waals surface area contributed by atoms with Crippen molar-refractivity contribution in [3.8, 4) is 0 Å². The summed E-state index contributed by atoms with van der Waals surface area (Å²) in [6, 6.07) is 8.08. The third-order valence-corrected chi connectivity index (χ3v) is 5.14. The van der Waals surface area contributed by atoms with Gasteiger partial charge in [0.25, 0.3) is 5.91 Å². The van der Waals surface area contributed by atoms with Gasteiger partial charge in [-0.25, -0.2) is 0 Å². The minimum Gasteiger partial charge on any atom is -0.349 e. The Hall–Kier alpha value is -2.14. The van der Waals surface area contributed by atoms with Gasteiger partial charge < -0.3 is 15.6 Å². The van der Waals surface area contributed by atoms with Crippen LogP contribution in [0.5, 0.6) is 0 Å². The van der Waals surface area contributed by atoms with Crippen molar-refractivity contribution >= 4 is 5.91 Å². The first-order chi connectivity index (χ1) is 11.6. The van der Waals surface area contributed by atoms with Crippen molar-refractivity contribution in [2.75, 3.05) is 6.54 Å². The molecule has 24 heavy (non-hydrogen) atoms. The van der Waals surface area contributed by atoms with E-state index in [1.807, 2.05) is 38.1 Å². The Morgan fingerprint density at radius 2 is 2.21 bits per heavy atom. The second-order valence-corrected chi connectivity index (χ2v) is 6.70. The summed E-state index contributed by atoms with van der Waals surface area (Å²) in [5.74, 6) is 0.423. The zero-order valence-corrected chi connectivity index (χ0v) is 14.5. The molecule has 5 heteroatoms. The van der Waals surface area contributed by atoms with E-state index in [1.165, 1.54) is 0 Å². The molecule has 3 N–H and O–H groups in total. The smallest absolute Gasteiger partial charge is 0.253 e. The van der Waals surface area contributed by atoms with Crippen molar-refractivity contribution < 1.29 is 4.79 Å². The van der Waals surface area contributed by atoms with E-state index in [2.05, 4.69) is 14.9 Å². The van der Waals surface area contributed by atoms with Crippen LogP contribution in [0.1, 0.15) is 46.7 Å². The van der Waals surface area contributed by atoms with E-state index in [-0.39, 0.29) is 11.9 Å². The summed E-state index contributed by atoms with van der Waals surface area (Å²) in [6.45, 7) is 5.36. The van der Waals surface area contributed by atoms with E-state index in [9.17, 15) is 4.79 Å². The third-order valence-electron chi connectivity index (χ3n) is 5.14. The zero-order valence-electron chi connectivity index (χ0n) is 14.5. The molecular weight excluding hydrogens is 300 g/mol. The van der Waals surface area contributed by atoms with Crippen LogP contribution in [-0.2, 0) is 6.54 Å². The molecule has 2 aromatic rings. The first-order valence-corrected chi connectivity index (χ1v) is 8.67. The van der Waals surface area contributed by atoms with Crippen LogP contribution in [0.4, 0.5) is 0 Å². The van der Waals surface area contributed by atoms with Crippen molar-refractivity contribution in [1.29, 1.82) is 0 Å². The average Bonchev–Trinajstić information content (AvgIpc) is 3.15. The second-order valence-electron chi connectivity index (χ2n) is 6.70. The summed E-state index contributed by atoms with van der Waals surface area (Å²) in [5.41, 5.74) is 9.63. The van der Waals surface area contributed by atoms with Crippen molar-refractivity contribution in [2.45, 2.75) is 45.7 Å². The minimum absolute atomic E-state index is 0.0146. The fraction of sp³-hybridized carbons (Fsp3) is 0.474. The molecule has 1 saturated carbocycles. The molecular formula is C19H26N4O. The lowest BCUT2D eigenvalue weighted by Crippen LogP contribution is -2.40. The first-order valence-electron chi connectivity index (χ1n) is 8.67. The Labute approximate surface area is 143 Å². The number of pyridine rings is 1. The van der Waals surface area contributed by atoms with E-state index in [4.69, 9.17) is 5.73 Å². The Kier molecular flexibility index (Phi) is 5.00. The summed E-state index contributed by atoms with van der Waals surface area (Å²) < 4.78 is 2.15. The molecule has 0 aromatic carbocycles. The fourth-order valence-electron chi connectivity index (χ4n) is 3.68. The standard InChI is InChI=1S/C19H26N4O/c1-13-10-17(19(24)22-18-8-5-6-15(18)11-20)14(2)23(13)12-16-7-3-4-9-21-16/h3-4,7,9-10,15,18H,5-6,8,11-12,20H2,1-2H3,(H,22,24). The Balaban J connectivity index is 1.77. The predicted octanol–water partition coefficient (Wildman–Crippen LogP) is 2.41. The largest absolute Gasteiger partial charge is 0.349 e. The van der Waals surface area contributed by atoms with Crippen LogP contribution in [0.2, 0.25) is 0 Å². The Morgan fingerprint density at radius 1 is 1.38 bits per heavy atom. The molecule has 3 rings (SSSR count). The topological polar surface area (TPSA) is 72.9 Å². The van der Waals surface area contributed by atoms with Crippen LogP contribution >= 0.6 is 0 Å². The predicted molar refractivity (Wildman–Crippen MR) is 94.9 cm³/mol. The van der Waals surface area contributed by atoms with Crippen molar-refractivity contribution in [3.63, 3.8) is 0 Å². The molecule has 0 bridgehead atoms. The van der Waals surface area contributed by atoms with Crippen molar-refractivity contribution in [3.05, 3.63) is 53.1 Å². The molecule has 0 radical (unpaired) electrons. The van der Waals surface area contributed by atoms with Gasteiger partial charge in [0.1, 0.15) is 0 Å². The number of rotatable bonds is 5. The molecule has 0 saturated heterocycles. The van der Waals surface area contributed by atoms with E-state index in [0.29, 0.717) is 19.0 Å². The van der Waals surface area contributed by atoms with Crippen LogP contribution in [0.15, 0.2) is 30.5 Å². The van der Waals surface area contributed by atoms with E-state index in [1.54, 1.807) is 6.20 Å². The van der Waals surface area contributed by atoms with Crippen LogP contribution in [0, 0.1) is 19.8 Å². The molecule has 1 aliphatic carbocycles. The Morgan fingerprint density at radius 3 is 2.92 bits per heavy atom. The summed E-state index contributed by atoms with van der Waals surface area (Å²) in [6.07, 6.45) is 5.08. The lowest BCUT2D eigenvalue weighted by atomic mass is 10.0. The molecule has 0 spiro atoms. The van der Waals surface area contributed by atoms with Gasteiger partial charge in [0.05, 0.1) is 17.8 Å². The number of nitrogens with one attached hydrogen (secondary N) is 1. The van der Waals surface area contributed by atoms with Crippen molar-refractivity contribution in [2.24, 2.45) is 11.7 Å². The number of nitrogens with two attached hydrogens (primary N) is 1. The van der Waals surface area contributed by atoms with E-state index < -0.39 is 0 Å². The maximum atomic E-state index is 12.7. The highest BCUT2D eigenvalue weighted by Gasteiger charge is 2.28. The molecule has 1 fully saturated rings. The molecule has 128 valence electrons. The molecule has 1 amide bonds. The third kappa shape index (κ3) is 3.36. The summed E-state index contributed by atoms with van der Waals surface area (Å²) in [5, 5.41) is 3.19. The molecule has 2 heterocycles. The van der Waals surface area contributed by atoms with Crippen LogP contribution in [0.3, 0.4) is 0 Å². The van der Waals surface area contributed by atoms with Crippen molar-refractivity contribution in [1.82, 2.24) is 14.9 Å². The van der Waals surface area contributed by atoms with Crippen LogP contribution in [-0.4, -0.2) is 28.0 Å². The number of amides is 1. The first kappa shape index (κ1) is 16.7. The maximum Gasteiger partial charge on any atom is 0.253 e. The number of aryl methyl sites for hydroxylation is 1. The van der Waals surface area contributed by atoms with Crippen LogP contribution in [0.25, 0.3) is 0 Å². The summed E-state index contributed by atoms with van der Waals surface area (Å²) >= 11 is 0. The number of hydrogen-bond acceptors (Lipinski definition) is 3. The number of hydrogen-bond donors (Lipinski definition) is 2. The lowest BCUT2D eigenvalue weighted by molar-refractivity contribution is 0.0928. The molecule has 2 atom stereocenters. The minimum atomic E-state index is 0.0146. The maximum absolute atomic E-state index is 12.7. The molecule has 2 aromatic heterocycles. The van der Waals surface area contributed by atoms with Gasteiger partial charge in [0, 0.05) is 23.6 Å². The van der Waals surface area contributed by atoms with Gasteiger partial charge >= 0.3 is 0 Å². The van der Waals surface area contributed by atoms with Gasteiger partial charge in [-0.3, -0.25) is 9.78 Å². The highest BCUT2D eigenvalue weighted by atomic mass is 16.1. The molecule has 1 aliphatic rings. The zero-order chi connectivity index (χ0) is 17.1. The number of nitrogens with zero attached hydrogens (tertiary/aromatic N) is 2. The molecule has 0 aliphatic heterocycles. The van der Waals surface area contributed by atoms with Gasteiger partial charge in [-0.05, 0) is 57.4 Å². The molecule has 5 nitrogen and oxygen atoms in total. The van der Waals surface area contributed by atoms with E-state index in [0.717, 1.165) is 41.9 Å². The van der Waals surface area contributed by atoms with Gasteiger partial charge in [-0.1, -0.05) is 12.5 Å². The number of aromatic nitrogens is 2. The van der Waals surface area contributed by atoms with Gasteiger partial charge in [0.2, 0.25) is 0 Å². The fourth-order valence-corrected chi connectivity index (χ4v) is 3.68. The normalized spacial score (nSPS) is 20.3. The second kappa shape index (κ2) is 7.18. The number of carbonyl (C=O) groups is 1. The average molecular weight is 326 g/mol. The monoisotopic (exact) mass is 326 g/mol. The van der Waals surface area contributed by atoms with Gasteiger partial charge in [-0.2, -0.15) is 0 Å². The SMILES string of the molecule is Cc1cc(C(=O)NC2CCCC2CN)c(C)n1Cc1ccccn1. The highest BCUT2D eigenvalue weighted by molar-refractivity contribution is 5.96. The summed E-state index contributed by atoms with van der Waals surface area (Å²) in [4.78, 5) is 17.1. The number of carbonyl (C=O) groups excluding carboxylic acids is 1. The quantitative estimate of drug-likeness (QED) is 0.886. The van der Waals surface area contributed by atoms with Gasteiger partial charge in [-0.15, -0.1) is 0 Å².